The third kappa shape index (κ3) is 4.15. The van der Waals surface area contributed by atoms with Gasteiger partial charge < -0.3 is 10.6 Å². The third-order valence-corrected chi connectivity index (χ3v) is 3.31. The Morgan fingerprint density at radius 3 is 2.22 bits per heavy atom. The van der Waals surface area contributed by atoms with E-state index in [4.69, 9.17) is 5.73 Å². The summed E-state index contributed by atoms with van der Waals surface area (Å²) in [6.45, 7) is 4.25. The Morgan fingerprint density at radius 2 is 1.83 bits per heavy atom. The molecule has 0 unspecified atom stereocenters. The molecule has 1 amide bonds. The average Bonchev–Trinajstić information content (AvgIpc) is 2.26. The van der Waals surface area contributed by atoms with Crippen LogP contribution in [0.5, 0.6) is 0 Å². The van der Waals surface area contributed by atoms with E-state index in [0.717, 1.165) is 0 Å². The van der Waals surface area contributed by atoms with Crippen LogP contribution in [0.15, 0.2) is 0 Å². The van der Waals surface area contributed by atoms with Gasteiger partial charge >= 0.3 is 6.18 Å². The molecule has 18 heavy (non-hydrogen) atoms. The molecule has 6 heteroatoms. The molecule has 0 spiro atoms. The van der Waals surface area contributed by atoms with Gasteiger partial charge in [-0.1, -0.05) is 13.8 Å². The molecule has 1 fully saturated rings. The van der Waals surface area contributed by atoms with Gasteiger partial charge in [-0.2, -0.15) is 13.2 Å². The normalized spacial score (nSPS) is 20.3. The second-order valence-corrected chi connectivity index (χ2v) is 5.38. The predicted molar refractivity (Wildman–Crippen MR) is 62.8 cm³/mol. The van der Waals surface area contributed by atoms with Crippen molar-refractivity contribution < 1.29 is 18.0 Å². The summed E-state index contributed by atoms with van der Waals surface area (Å²) in [6, 6.07) is -0.590. The van der Waals surface area contributed by atoms with Crippen LogP contribution in [0.3, 0.4) is 0 Å². The number of piperidine rings is 1. The second-order valence-electron chi connectivity index (χ2n) is 5.38. The van der Waals surface area contributed by atoms with Crippen LogP contribution in [0.1, 0.15) is 33.1 Å². The van der Waals surface area contributed by atoms with Crippen molar-refractivity contribution in [2.45, 2.75) is 45.3 Å². The van der Waals surface area contributed by atoms with Crippen molar-refractivity contribution in [3.8, 4) is 0 Å². The lowest BCUT2D eigenvalue weighted by molar-refractivity contribution is -0.186. The summed E-state index contributed by atoms with van der Waals surface area (Å²) in [7, 11) is 0. The van der Waals surface area contributed by atoms with Crippen LogP contribution in [0.2, 0.25) is 0 Å². The van der Waals surface area contributed by atoms with Gasteiger partial charge in [0.2, 0.25) is 5.91 Å². The minimum Gasteiger partial charge on any atom is -0.341 e. The zero-order valence-corrected chi connectivity index (χ0v) is 10.8. The standard InChI is InChI=1S/C12H21F3N2O/c1-8(2)7-10(16)11(18)17-5-3-9(4-6-17)12(13,14)15/h8-10H,3-7,16H2,1-2H3/t10-/m0/s1. The first kappa shape index (κ1) is 15.3. The number of nitrogens with zero attached hydrogens (tertiary/aromatic N) is 1. The lowest BCUT2D eigenvalue weighted by Gasteiger charge is -2.34. The van der Waals surface area contributed by atoms with E-state index in [1.54, 1.807) is 0 Å². The van der Waals surface area contributed by atoms with Gasteiger partial charge in [-0.25, -0.2) is 0 Å². The van der Waals surface area contributed by atoms with Gasteiger partial charge in [-0.3, -0.25) is 4.79 Å². The fraction of sp³-hybridized carbons (Fsp3) is 0.917. The highest BCUT2D eigenvalue weighted by Gasteiger charge is 2.42. The molecule has 1 heterocycles. The van der Waals surface area contributed by atoms with Crippen LogP contribution in [-0.4, -0.2) is 36.1 Å². The maximum absolute atomic E-state index is 12.5. The molecule has 1 aliphatic rings. The van der Waals surface area contributed by atoms with Crippen molar-refractivity contribution in [2.24, 2.45) is 17.6 Å². The van der Waals surface area contributed by atoms with E-state index < -0.39 is 18.1 Å². The summed E-state index contributed by atoms with van der Waals surface area (Å²) in [5.74, 6) is -1.19. The summed E-state index contributed by atoms with van der Waals surface area (Å²) < 4.78 is 37.4. The molecule has 3 nitrogen and oxygen atoms in total. The van der Waals surface area contributed by atoms with Crippen LogP contribution in [0.4, 0.5) is 13.2 Å². The van der Waals surface area contributed by atoms with Crippen molar-refractivity contribution >= 4 is 5.91 Å². The monoisotopic (exact) mass is 266 g/mol. The molecule has 1 atom stereocenters. The smallest absolute Gasteiger partial charge is 0.341 e. The molecule has 106 valence electrons. The zero-order chi connectivity index (χ0) is 13.9. The fourth-order valence-corrected chi connectivity index (χ4v) is 2.27. The highest BCUT2D eigenvalue weighted by Crippen LogP contribution is 2.34. The van der Waals surface area contributed by atoms with Crippen LogP contribution in [-0.2, 0) is 4.79 Å². The number of nitrogens with two attached hydrogens (primary N) is 1. The number of hydrogen-bond acceptors (Lipinski definition) is 2. The van der Waals surface area contributed by atoms with Crippen LogP contribution in [0.25, 0.3) is 0 Å². The summed E-state index contributed by atoms with van der Waals surface area (Å²) in [6.07, 6.45) is -3.60. The topological polar surface area (TPSA) is 46.3 Å². The molecule has 0 radical (unpaired) electrons. The minimum atomic E-state index is -4.14. The molecule has 2 N–H and O–H groups in total. The van der Waals surface area contributed by atoms with Gasteiger partial charge in [0.1, 0.15) is 0 Å². The van der Waals surface area contributed by atoms with E-state index in [2.05, 4.69) is 0 Å². The van der Waals surface area contributed by atoms with Gasteiger partial charge in [-0.15, -0.1) is 0 Å². The highest BCUT2D eigenvalue weighted by atomic mass is 19.4. The number of amides is 1. The van der Waals surface area contributed by atoms with Crippen molar-refractivity contribution in [1.29, 1.82) is 0 Å². The van der Waals surface area contributed by atoms with E-state index >= 15 is 0 Å². The molecule has 1 aliphatic heterocycles. The summed E-state index contributed by atoms with van der Waals surface area (Å²) in [5, 5.41) is 0. The highest BCUT2D eigenvalue weighted by molar-refractivity contribution is 5.81. The van der Waals surface area contributed by atoms with E-state index in [1.807, 2.05) is 13.8 Å². The number of rotatable bonds is 3. The van der Waals surface area contributed by atoms with Crippen LogP contribution >= 0.6 is 0 Å². The molecule has 0 bridgehead atoms. The van der Waals surface area contributed by atoms with E-state index in [0.29, 0.717) is 12.3 Å². The Morgan fingerprint density at radius 1 is 1.33 bits per heavy atom. The Hall–Kier alpha value is -0.780. The van der Waals surface area contributed by atoms with E-state index in [1.165, 1.54) is 4.90 Å². The van der Waals surface area contributed by atoms with E-state index in [9.17, 15) is 18.0 Å². The minimum absolute atomic E-state index is 0.0103. The molecular weight excluding hydrogens is 245 g/mol. The molecule has 0 saturated carbocycles. The maximum Gasteiger partial charge on any atom is 0.391 e. The lowest BCUT2D eigenvalue weighted by Crippen LogP contribution is -2.49. The van der Waals surface area contributed by atoms with Crippen molar-refractivity contribution in [1.82, 2.24) is 4.90 Å². The zero-order valence-electron chi connectivity index (χ0n) is 10.8. The molecule has 0 aromatic heterocycles. The van der Waals surface area contributed by atoms with Crippen molar-refractivity contribution in [3.63, 3.8) is 0 Å². The van der Waals surface area contributed by atoms with Crippen molar-refractivity contribution in [3.05, 3.63) is 0 Å². The summed E-state index contributed by atoms with van der Waals surface area (Å²) in [5.41, 5.74) is 5.76. The van der Waals surface area contributed by atoms with Gasteiger partial charge in [0.25, 0.3) is 0 Å². The molecule has 0 aliphatic carbocycles. The number of carbonyl (C=O) groups excluding carboxylic acids is 1. The molecular formula is C12H21F3N2O. The molecule has 1 rings (SSSR count). The van der Waals surface area contributed by atoms with Gasteiger partial charge in [0, 0.05) is 13.1 Å². The first-order valence-corrected chi connectivity index (χ1v) is 6.33. The lowest BCUT2D eigenvalue weighted by atomic mass is 9.95. The Labute approximate surface area is 106 Å². The van der Waals surface area contributed by atoms with Crippen LogP contribution in [0, 0.1) is 11.8 Å². The summed E-state index contributed by atoms with van der Waals surface area (Å²) in [4.78, 5) is 13.4. The molecule has 0 aromatic carbocycles. The number of alkyl halides is 3. The quantitative estimate of drug-likeness (QED) is 0.851. The maximum atomic E-state index is 12.5. The molecule has 0 aromatic rings. The largest absolute Gasteiger partial charge is 0.391 e. The third-order valence-electron chi connectivity index (χ3n) is 3.31. The number of carbonyl (C=O) groups is 1. The first-order chi connectivity index (χ1) is 8.21. The summed E-state index contributed by atoms with van der Waals surface area (Å²) >= 11 is 0. The van der Waals surface area contributed by atoms with Gasteiger partial charge in [0.05, 0.1) is 12.0 Å². The second kappa shape index (κ2) is 5.91. The molecule has 1 saturated heterocycles. The number of likely N-dealkylation sites (tertiary alicyclic amines) is 1. The number of halogens is 3. The van der Waals surface area contributed by atoms with E-state index in [-0.39, 0.29) is 31.8 Å². The fourth-order valence-electron chi connectivity index (χ4n) is 2.27. The van der Waals surface area contributed by atoms with Gasteiger partial charge in [0.15, 0.2) is 0 Å². The number of hydrogen-bond donors (Lipinski definition) is 1. The Bertz CT molecular complexity index is 284. The predicted octanol–water partition coefficient (Wildman–Crippen LogP) is 2.16. The Balaban J connectivity index is 2.45. The SMILES string of the molecule is CC(C)C[C@H](N)C(=O)N1CCC(C(F)(F)F)CC1. The van der Waals surface area contributed by atoms with Gasteiger partial charge in [-0.05, 0) is 25.2 Å². The van der Waals surface area contributed by atoms with Crippen molar-refractivity contribution in [2.75, 3.05) is 13.1 Å². The Kier molecular flexibility index (Phi) is 5.01. The first-order valence-electron chi connectivity index (χ1n) is 6.33. The average molecular weight is 266 g/mol. The van der Waals surface area contributed by atoms with Crippen LogP contribution < -0.4 is 5.73 Å².